The molecule has 1 aromatic heterocycles. The molecule has 0 radical (unpaired) electrons. The number of halogens is 7. The molecule has 0 saturated carbocycles. The lowest BCUT2D eigenvalue weighted by Crippen LogP contribution is -2.45. The Balaban J connectivity index is 0.00000341. The lowest BCUT2D eigenvalue weighted by molar-refractivity contribution is -0.149. The molecule has 2 heterocycles. The zero-order valence-electron chi connectivity index (χ0n) is 16.5. The van der Waals surface area contributed by atoms with Gasteiger partial charge in [0.1, 0.15) is 5.82 Å². The van der Waals surface area contributed by atoms with Crippen molar-refractivity contribution < 1.29 is 31.1 Å². The molecule has 0 unspecified atom stereocenters. The highest BCUT2D eigenvalue weighted by molar-refractivity contribution is 5.85. The quantitative estimate of drug-likeness (QED) is 0.546. The Bertz CT molecular complexity index is 966. The monoisotopic (exact) mass is 471 g/mol. The molecule has 0 saturated heterocycles. The molecule has 0 aliphatic carbocycles. The van der Waals surface area contributed by atoms with Crippen LogP contribution in [0.15, 0.2) is 12.1 Å². The minimum Gasteiger partial charge on any atom is -0.331 e. The van der Waals surface area contributed by atoms with Gasteiger partial charge < -0.3 is 15.2 Å². The second kappa shape index (κ2) is 9.03. The molecule has 1 aliphatic heterocycles. The Morgan fingerprint density at radius 2 is 1.77 bits per heavy atom. The summed E-state index contributed by atoms with van der Waals surface area (Å²) in [6.07, 6.45) is -5.17. The first-order chi connectivity index (χ1) is 13.9. The van der Waals surface area contributed by atoms with Crippen LogP contribution in [0.2, 0.25) is 0 Å². The van der Waals surface area contributed by atoms with Crippen molar-refractivity contribution in [3.63, 3.8) is 0 Å². The third-order valence-electron chi connectivity index (χ3n) is 5.05. The molecule has 2 aromatic rings. The van der Waals surface area contributed by atoms with E-state index in [0.29, 0.717) is 12.1 Å². The van der Waals surface area contributed by atoms with Gasteiger partial charge in [-0.05, 0) is 31.9 Å². The molecule has 172 valence electrons. The Morgan fingerprint density at radius 3 is 2.39 bits per heavy atom. The van der Waals surface area contributed by atoms with Crippen LogP contribution in [-0.2, 0) is 17.4 Å². The van der Waals surface area contributed by atoms with E-state index in [1.165, 1.54) is 18.7 Å². The van der Waals surface area contributed by atoms with E-state index in [9.17, 15) is 31.1 Å². The molecule has 13 heteroatoms. The number of alkyl halides is 3. The van der Waals surface area contributed by atoms with Crippen molar-refractivity contribution in [3.05, 3.63) is 46.8 Å². The van der Waals surface area contributed by atoms with E-state index in [1.807, 2.05) is 0 Å². The topological polar surface area (TPSA) is 77.0 Å². The van der Waals surface area contributed by atoms with E-state index in [0.717, 1.165) is 4.57 Å². The van der Waals surface area contributed by atoms with Crippen molar-refractivity contribution in [2.24, 2.45) is 5.73 Å². The SMILES string of the molecule is C[C@@H]1c2nnc(C(F)(F)F)n2[C@@H](C)CN1C(=O)C[C@H](N)Cc1cc(F)c(F)cc1F.Cl. The predicted molar refractivity (Wildman–Crippen MR) is 99.7 cm³/mol. The number of benzene rings is 1. The summed E-state index contributed by atoms with van der Waals surface area (Å²) in [6.45, 7) is 3.00. The molecule has 1 amide bonds. The van der Waals surface area contributed by atoms with E-state index < -0.39 is 53.5 Å². The summed E-state index contributed by atoms with van der Waals surface area (Å²) in [5, 5.41) is 6.83. The van der Waals surface area contributed by atoms with Crippen LogP contribution in [0.1, 0.15) is 49.6 Å². The maximum absolute atomic E-state index is 13.8. The van der Waals surface area contributed by atoms with Gasteiger partial charge >= 0.3 is 6.18 Å². The van der Waals surface area contributed by atoms with E-state index >= 15 is 0 Å². The molecule has 31 heavy (non-hydrogen) atoms. The number of carbonyl (C=O) groups is 1. The van der Waals surface area contributed by atoms with Crippen LogP contribution < -0.4 is 5.73 Å². The molecule has 1 aliphatic rings. The van der Waals surface area contributed by atoms with Gasteiger partial charge in [-0.3, -0.25) is 4.79 Å². The minimum atomic E-state index is -4.68. The maximum Gasteiger partial charge on any atom is 0.451 e. The fourth-order valence-corrected chi connectivity index (χ4v) is 3.61. The lowest BCUT2D eigenvalue weighted by atomic mass is 10.0. The zero-order chi connectivity index (χ0) is 22.4. The van der Waals surface area contributed by atoms with Crippen LogP contribution >= 0.6 is 12.4 Å². The highest BCUT2D eigenvalue weighted by Crippen LogP contribution is 2.36. The van der Waals surface area contributed by atoms with Gasteiger partial charge in [0.05, 0.1) is 12.1 Å². The third kappa shape index (κ3) is 4.95. The fraction of sp³-hybridized carbons (Fsp3) is 0.500. The van der Waals surface area contributed by atoms with Crippen molar-refractivity contribution in [1.29, 1.82) is 0 Å². The molecule has 0 bridgehead atoms. The number of fused-ring (bicyclic) bond motifs is 1. The summed E-state index contributed by atoms with van der Waals surface area (Å²) in [7, 11) is 0. The second-order valence-corrected chi connectivity index (χ2v) is 7.35. The Hall–Kier alpha value is -2.34. The average Bonchev–Trinajstić information content (AvgIpc) is 3.09. The summed E-state index contributed by atoms with van der Waals surface area (Å²) in [5.41, 5.74) is 5.72. The zero-order valence-corrected chi connectivity index (χ0v) is 17.3. The number of nitrogens with zero attached hydrogens (tertiary/aromatic N) is 4. The van der Waals surface area contributed by atoms with Crippen molar-refractivity contribution in [2.75, 3.05) is 6.54 Å². The van der Waals surface area contributed by atoms with Crippen LogP contribution in [0.5, 0.6) is 0 Å². The normalized spacial score (nSPS) is 19.6. The number of aromatic nitrogens is 3. The van der Waals surface area contributed by atoms with Crippen molar-refractivity contribution in [1.82, 2.24) is 19.7 Å². The first-order valence-electron chi connectivity index (χ1n) is 9.10. The van der Waals surface area contributed by atoms with Gasteiger partial charge in [0, 0.05) is 25.1 Å². The first-order valence-corrected chi connectivity index (χ1v) is 9.10. The fourth-order valence-electron chi connectivity index (χ4n) is 3.61. The molecule has 0 spiro atoms. The summed E-state index contributed by atoms with van der Waals surface area (Å²) >= 11 is 0. The van der Waals surface area contributed by atoms with Gasteiger partial charge in [-0.25, -0.2) is 13.2 Å². The minimum absolute atomic E-state index is 0. The Morgan fingerprint density at radius 1 is 1.16 bits per heavy atom. The van der Waals surface area contributed by atoms with Crippen molar-refractivity contribution in [2.45, 2.75) is 51.0 Å². The molecule has 3 rings (SSSR count). The summed E-state index contributed by atoms with van der Waals surface area (Å²) < 4.78 is 80.5. The lowest BCUT2D eigenvalue weighted by Gasteiger charge is -2.38. The number of nitrogens with two attached hydrogens (primary N) is 1. The molecule has 0 fully saturated rings. The smallest absolute Gasteiger partial charge is 0.331 e. The molecule has 3 atom stereocenters. The molecular formula is C18H20ClF6N5O. The van der Waals surface area contributed by atoms with E-state index in [-0.39, 0.29) is 43.2 Å². The average molecular weight is 472 g/mol. The first kappa shape index (κ1) is 24.9. The van der Waals surface area contributed by atoms with Gasteiger partial charge in [-0.15, -0.1) is 22.6 Å². The third-order valence-corrected chi connectivity index (χ3v) is 5.05. The van der Waals surface area contributed by atoms with Crippen LogP contribution in [-0.4, -0.2) is 38.2 Å². The van der Waals surface area contributed by atoms with Crippen LogP contribution in [0, 0.1) is 17.5 Å². The summed E-state index contributed by atoms with van der Waals surface area (Å²) in [4.78, 5) is 14.0. The maximum atomic E-state index is 13.8. The van der Waals surface area contributed by atoms with Gasteiger partial charge in [-0.1, -0.05) is 0 Å². The van der Waals surface area contributed by atoms with Crippen molar-refractivity contribution in [3.8, 4) is 0 Å². The van der Waals surface area contributed by atoms with Crippen LogP contribution in [0.3, 0.4) is 0 Å². The van der Waals surface area contributed by atoms with Crippen molar-refractivity contribution >= 4 is 18.3 Å². The molecule has 2 N–H and O–H groups in total. The predicted octanol–water partition coefficient (Wildman–Crippen LogP) is 3.56. The highest BCUT2D eigenvalue weighted by Gasteiger charge is 2.43. The number of hydrogen-bond acceptors (Lipinski definition) is 4. The number of carbonyl (C=O) groups excluding carboxylic acids is 1. The Labute approximate surface area is 179 Å². The second-order valence-electron chi connectivity index (χ2n) is 7.35. The summed E-state index contributed by atoms with van der Waals surface area (Å²) in [6, 6.07) is -1.35. The summed E-state index contributed by atoms with van der Waals surface area (Å²) in [5.74, 6) is -5.16. The number of amides is 1. The molecular weight excluding hydrogens is 452 g/mol. The van der Waals surface area contributed by atoms with E-state index in [4.69, 9.17) is 5.73 Å². The standard InChI is InChI=1S/C18H19F6N5O.ClH/c1-8-7-28(9(2)16-26-27-17(29(8)16)18(22,23)24)15(30)5-11(25)3-10-4-13(20)14(21)6-12(10)19;/h4,6,8-9,11H,3,5,7,25H2,1-2H3;1H/t8-,9+,11+;/m0./s1. The molecule has 6 nitrogen and oxygen atoms in total. The van der Waals surface area contributed by atoms with Gasteiger partial charge in [0.2, 0.25) is 11.7 Å². The van der Waals surface area contributed by atoms with Crippen LogP contribution in [0.25, 0.3) is 0 Å². The van der Waals surface area contributed by atoms with E-state index in [2.05, 4.69) is 10.2 Å². The van der Waals surface area contributed by atoms with Crippen LogP contribution in [0.4, 0.5) is 26.3 Å². The Kier molecular flexibility index (Phi) is 7.26. The number of rotatable bonds is 4. The number of hydrogen-bond donors (Lipinski definition) is 1. The van der Waals surface area contributed by atoms with Gasteiger partial charge in [0.15, 0.2) is 17.5 Å². The van der Waals surface area contributed by atoms with Gasteiger partial charge in [-0.2, -0.15) is 13.2 Å². The highest BCUT2D eigenvalue weighted by atomic mass is 35.5. The molecule has 1 aromatic carbocycles. The van der Waals surface area contributed by atoms with E-state index in [1.54, 1.807) is 0 Å². The largest absolute Gasteiger partial charge is 0.451 e. The van der Waals surface area contributed by atoms with Gasteiger partial charge in [0.25, 0.3) is 0 Å².